The molecule has 0 aliphatic carbocycles. The quantitative estimate of drug-likeness (QED) is 0.347. The number of phenols is 1. The smallest absolute Gasteiger partial charge is 0.350 e. The van der Waals surface area contributed by atoms with Gasteiger partial charge in [-0.25, -0.2) is 8.78 Å². The van der Waals surface area contributed by atoms with E-state index in [1.54, 1.807) is 0 Å². The predicted octanol–water partition coefficient (Wildman–Crippen LogP) is 2.37. The Morgan fingerprint density at radius 3 is 2.14 bits per heavy atom. The van der Waals surface area contributed by atoms with Gasteiger partial charge in [0.05, 0.1) is 4.92 Å². The van der Waals surface area contributed by atoms with Crippen molar-refractivity contribution >= 4 is 17.3 Å². The van der Waals surface area contributed by atoms with Crippen LogP contribution in [0.15, 0.2) is 0 Å². The molecule has 0 atom stereocenters. The summed E-state index contributed by atoms with van der Waals surface area (Å²) in [5.74, 6) is -7.49. The minimum atomic E-state index is -2.10. The zero-order valence-electron chi connectivity index (χ0n) is 6.22. The normalized spacial score (nSPS) is 10.3. The van der Waals surface area contributed by atoms with E-state index >= 15 is 0 Å². The number of aromatic hydroxyl groups is 1. The van der Waals surface area contributed by atoms with Crippen LogP contribution in [0.2, 0.25) is 5.02 Å². The van der Waals surface area contributed by atoms with Crippen LogP contribution in [0.1, 0.15) is 0 Å². The number of nitro benzene ring substituents is 1. The van der Waals surface area contributed by atoms with Gasteiger partial charge in [-0.1, -0.05) is 11.6 Å². The molecule has 0 unspecified atom stereocenters. The van der Waals surface area contributed by atoms with Crippen LogP contribution in [-0.4, -0.2) is 10.0 Å². The highest BCUT2D eigenvalue weighted by Crippen LogP contribution is 2.39. The maximum Gasteiger partial charge on any atom is 0.350 e. The minimum Gasteiger partial charge on any atom is -0.501 e. The van der Waals surface area contributed by atoms with Crippen LogP contribution in [0.3, 0.4) is 0 Å². The van der Waals surface area contributed by atoms with Gasteiger partial charge < -0.3 is 5.11 Å². The van der Waals surface area contributed by atoms with Gasteiger partial charge in [-0.3, -0.25) is 10.1 Å². The highest BCUT2D eigenvalue weighted by molar-refractivity contribution is 6.32. The Morgan fingerprint density at radius 1 is 1.21 bits per heavy atom. The Labute approximate surface area is 79.7 Å². The summed E-state index contributed by atoms with van der Waals surface area (Å²) in [6.45, 7) is 0. The summed E-state index contributed by atoms with van der Waals surface area (Å²) in [6.07, 6.45) is 0. The fourth-order valence-corrected chi connectivity index (χ4v) is 0.948. The third-order valence-electron chi connectivity index (χ3n) is 1.40. The van der Waals surface area contributed by atoms with E-state index in [0.717, 1.165) is 0 Å². The van der Waals surface area contributed by atoms with Crippen LogP contribution in [0.4, 0.5) is 18.9 Å². The largest absolute Gasteiger partial charge is 0.501 e. The predicted molar refractivity (Wildman–Crippen MR) is 39.6 cm³/mol. The van der Waals surface area contributed by atoms with Gasteiger partial charge in [0.25, 0.3) is 0 Å². The van der Waals surface area contributed by atoms with Crippen LogP contribution < -0.4 is 0 Å². The van der Waals surface area contributed by atoms with E-state index in [9.17, 15) is 23.3 Å². The molecule has 0 amide bonds. The van der Waals surface area contributed by atoms with Crippen molar-refractivity contribution in [3.63, 3.8) is 0 Å². The fraction of sp³-hybridized carbons (Fsp3) is 0. The monoisotopic (exact) mass is 227 g/mol. The second kappa shape index (κ2) is 3.33. The lowest BCUT2D eigenvalue weighted by Gasteiger charge is -2.02. The zero-order chi connectivity index (χ0) is 11.0. The molecule has 0 fully saturated rings. The van der Waals surface area contributed by atoms with Gasteiger partial charge in [0.15, 0.2) is 5.82 Å². The number of nitrogens with zero attached hydrogens (tertiary/aromatic N) is 1. The van der Waals surface area contributed by atoms with Gasteiger partial charge in [-0.05, 0) is 0 Å². The van der Waals surface area contributed by atoms with E-state index in [1.807, 2.05) is 0 Å². The van der Waals surface area contributed by atoms with Crippen molar-refractivity contribution < 1.29 is 23.2 Å². The summed E-state index contributed by atoms with van der Waals surface area (Å²) in [5.41, 5.74) is -1.59. The molecule has 0 aliphatic heterocycles. The summed E-state index contributed by atoms with van der Waals surface area (Å²) in [6, 6.07) is 0. The molecule has 0 heterocycles. The third-order valence-corrected chi connectivity index (χ3v) is 1.75. The molecule has 4 nitrogen and oxygen atoms in total. The van der Waals surface area contributed by atoms with Gasteiger partial charge in [0.1, 0.15) is 5.02 Å². The number of halogens is 4. The fourth-order valence-electron chi connectivity index (χ4n) is 0.775. The standard InChI is InChI=1S/C6HClF3NO3/c7-1-2(8)3(9)4(10)5(6(1)12)11(13)14/h12H. The molecule has 1 aromatic carbocycles. The molecule has 0 bridgehead atoms. The molecule has 0 saturated carbocycles. The molecule has 0 spiro atoms. The van der Waals surface area contributed by atoms with Crippen LogP contribution in [-0.2, 0) is 0 Å². The third kappa shape index (κ3) is 1.35. The number of rotatable bonds is 1. The first-order valence-electron chi connectivity index (χ1n) is 3.07. The zero-order valence-corrected chi connectivity index (χ0v) is 6.98. The number of hydrogen-bond donors (Lipinski definition) is 1. The molecule has 1 aromatic rings. The lowest BCUT2D eigenvalue weighted by molar-refractivity contribution is -0.388. The van der Waals surface area contributed by atoms with Crippen LogP contribution in [0, 0.1) is 27.6 Å². The van der Waals surface area contributed by atoms with Crippen molar-refractivity contribution in [2.75, 3.05) is 0 Å². The highest BCUT2D eigenvalue weighted by Gasteiger charge is 2.31. The topological polar surface area (TPSA) is 63.4 Å². The Morgan fingerprint density at radius 2 is 1.71 bits per heavy atom. The summed E-state index contributed by atoms with van der Waals surface area (Å²) in [5, 5.41) is 17.7. The van der Waals surface area contributed by atoms with Gasteiger partial charge in [0.2, 0.25) is 17.4 Å². The lowest BCUT2D eigenvalue weighted by Crippen LogP contribution is -2.00. The summed E-state index contributed by atoms with van der Waals surface area (Å²) >= 11 is 4.97. The number of hydrogen-bond acceptors (Lipinski definition) is 3. The van der Waals surface area contributed by atoms with E-state index in [4.69, 9.17) is 16.7 Å². The molecular formula is C6HClF3NO3. The first-order chi connectivity index (χ1) is 6.37. The highest BCUT2D eigenvalue weighted by atomic mass is 35.5. The molecule has 0 aromatic heterocycles. The van der Waals surface area contributed by atoms with E-state index in [1.165, 1.54) is 0 Å². The Bertz CT molecular complexity index is 394. The first-order valence-corrected chi connectivity index (χ1v) is 3.45. The van der Waals surface area contributed by atoms with Crippen molar-refractivity contribution in [1.29, 1.82) is 0 Å². The lowest BCUT2D eigenvalue weighted by atomic mass is 10.2. The number of nitro groups is 1. The van der Waals surface area contributed by atoms with Crippen molar-refractivity contribution in [3.05, 3.63) is 32.6 Å². The van der Waals surface area contributed by atoms with E-state index < -0.39 is 38.8 Å². The molecule has 0 aliphatic rings. The second-order valence-corrected chi connectivity index (χ2v) is 2.59. The summed E-state index contributed by atoms with van der Waals surface area (Å²) in [4.78, 5) is 8.71. The second-order valence-electron chi connectivity index (χ2n) is 2.21. The number of phenolic OH excluding ortho intramolecular Hbond substituents is 1. The molecule has 8 heteroatoms. The molecule has 1 N–H and O–H groups in total. The van der Waals surface area contributed by atoms with E-state index in [0.29, 0.717) is 0 Å². The van der Waals surface area contributed by atoms with Crippen molar-refractivity contribution in [3.8, 4) is 5.75 Å². The molecule has 1 rings (SSSR count). The van der Waals surface area contributed by atoms with Crippen molar-refractivity contribution in [2.45, 2.75) is 0 Å². The summed E-state index contributed by atoms with van der Waals surface area (Å²) < 4.78 is 37.8. The van der Waals surface area contributed by atoms with E-state index in [-0.39, 0.29) is 0 Å². The molecule has 0 radical (unpaired) electrons. The maximum atomic E-state index is 12.7. The Kier molecular flexibility index (Phi) is 2.52. The molecule has 0 saturated heterocycles. The van der Waals surface area contributed by atoms with Crippen LogP contribution >= 0.6 is 11.6 Å². The first kappa shape index (κ1) is 10.6. The van der Waals surface area contributed by atoms with Crippen LogP contribution in [0.25, 0.3) is 0 Å². The average molecular weight is 228 g/mol. The molecule has 76 valence electrons. The molecular weight excluding hydrogens is 227 g/mol. The SMILES string of the molecule is O=[N+]([O-])c1c(O)c(Cl)c(F)c(F)c1F. The van der Waals surface area contributed by atoms with Gasteiger partial charge in [-0.15, -0.1) is 0 Å². The maximum absolute atomic E-state index is 12.7. The minimum absolute atomic E-state index is 1.23. The van der Waals surface area contributed by atoms with Crippen molar-refractivity contribution in [1.82, 2.24) is 0 Å². The van der Waals surface area contributed by atoms with Gasteiger partial charge in [-0.2, -0.15) is 4.39 Å². The Balaban J connectivity index is 3.68. The molecule has 14 heavy (non-hydrogen) atoms. The summed E-state index contributed by atoms with van der Waals surface area (Å²) in [7, 11) is 0. The number of benzene rings is 1. The van der Waals surface area contributed by atoms with E-state index in [2.05, 4.69) is 0 Å². The van der Waals surface area contributed by atoms with Gasteiger partial charge in [0, 0.05) is 0 Å². The van der Waals surface area contributed by atoms with Crippen LogP contribution in [0.5, 0.6) is 5.75 Å². The Hall–Kier alpha value is -1.50. The van der Waals surface area contributed by atoms with Gasteiger partial charge >= 0.3 is 5.69 Å². The van der Waals surface area contributed by atoms with Crippen molar-refractivity contribution in [2.24, 2.45) is 0 Å². The average Bonchev–Trinajstić information content (AvgIpc) is 2.11.